The first-order valence-corrected chi connectivity index (χ1v) is 10.6. The minimum absolute atomic E-state index is 0. The van der Waals surface area contributed by atoms with Gasteiger partial charge in [-0.15, -0.1) is 0 Å². The van der Waals surface area contributed by atoms with Crippen LogP contribution in [0.3, 0.4) is 0 Å². The Balaban J connectivity index is 0.00000259. The van der Waals surface area contributed by atoms with Crippen molar-refractivity contribution in [3.8, 4) is 16.9 Å². The molecule has 0 atom stereocenters. The third-order valence-corrected chi connectivity index (χ3v) is 5.69. The third kappa shape index (κ3) is 4.17. The summed E-state index contributed by atoms with van der Waals surface area (Å²) >= 11 is 0. The van der Waals surface area contributed by atoms with Crippen LogP contribution in [0.5, 0.6) is 5.75 Å². The van der Waals surface area contributed by atoms with Gasteiger partial charge in [-0.25, -0.2) is 19.9 Å². The van der Waals surface area contributed by atoms with E-state index in [1.54, 1.807) is 19.5 Å². The first-order valence-electron chi connectivity index (χ1n) is 10.6. The SMILES string of the molecule is COc1ccc(-c2cccc3cnc(Nc4cnc(N5CCN(C)CC5)nc4)nc23)cc1.[HH]. The molecule has 164 valence electrons. The molecule has 2 aromatic heterocycles. The summed E-state index contributed by atoms with van der Waals surface area (Å²) in [5.74, 6) is 2.09. The molecule has 0 bridgehead atoms. The minimum Gasteiger partial charge on any atom is -0.497 e. The van der Waals surface area contributed by atoms with Crippen molar-refractivity contribution in [1.29, 1.82) is 0 Å². The second-order valence-corrected chi connectivity index (χ2v) is 7.85. The zero-order valence-electron chi connectivity index (χ0n) is 18.2. The summed E-state index contributed by atoms with van der Waals surface area (Å²) in [6.07, 6.45) is 5.39. The van der Waals surface area contributed by atoms with E-state index in [9.17, 15) is 0 Å². The quantitative estimate of drug-likeness (QED) is 0.513. The molecule has 5 rings (SSSR count). The van der Waals surface area contributed by atoms with Gasteiger partial charge in [0.15, 0.2) is 0 Å². The number of benzene rings is 2. The molecule has 0 aliphatic carbocycles. The number of hydrogen-bond donors (Lipinski definition) is 1. The van der Waals surface area contributed by atoms with Crippen molar-refractivity contribution in [3.63, 3.8) is 0 Å². The van der Waals surface area contributed by atoms with Crippen molar-refractivity contribution in [2.75, 3.05) is 50.6 Å². The van der Waals surface area contributed by atoms with Crippen molar-refractivity contribution in [2.24, 2.45) is 0 Å². The molecule has 0 amide bonds. The molecule has 1 N–H and O–H groups in total. The van der Waals surface area contributed by atoms with E-state index >= 15 is 0 Å². The molecule has 0 unspecified atom stereocenters. The van der Waals surface area contributed by atoms with Crippen LogP contribution in [0, 0.1) is 0 Å². The number of fused-ring (bicyclic) bond motifs is 1. The average molecular weight is 430 g/mol. The standard InChI is InChI=1S/C24H25N7O.H2/c1-30-10-12-31(13-11-30)24-26-15-19(16-27-24)28-23-25-14-18-4-3-5-21(22(18)29-23)17-6-8-20(32-2)9-7-17;/h3-9,14-16H,10-13H2,1-2H3,(H,25,28,29);1H. The monoisotopic (exact) mass is 429 g/mol. The third-order valence-electron chi connectivity index (χ3n) is 5.69. The van der Waals surface area contributed by atoms with Crippen molar-refractivity contribution in [2.45, 2.75) is 0 Å². The molecule has 8 nitrogen and oxygen atoms in total. The van der Waals surface area contributed by atoms with Crippen molar-refractivity contribution in [1.82, 2.24) is 24.8 Å². The van der Waals surface area contributed by atoms with Gasteiger partial charge in [0.05, 0.1) is 30.7 Å². The molecule has 0 spiro atoms. The lowest BCUT2D eigenvalue weighted by atomic mass is 10.0. The molecular weight excluding hydrogens is 402 g/mol. The maximum absolute atomic E-state index is 5.28. The van der Waals surface area contributed by atoms with E-state index < -0.39 is 0 Å². The number of nitrogens with zero attached hydrogens (tertiary/aromatic N) is 6. The Bertz CT molecular complexity index is 1210. The second kappa shape index (κ2) is 8.76. The molecule has 1 aliphatic heterocycles. The van der Waals surface area contributed by atoms with E-state index in [1.165, 1.54) is 0 Å². The highest BCUT2D eigenvalue weighted by molar-refractivity contribution is 5.93. The van der Waals surface area contributed by atoms with Gasteiger partial charge in [0.2, 0.25) is 11.9 Å². The summed E-state index contributed by atoms with van der Waals surface area (Å²) in [5, 5.41) is 4.21. The van der Waals surface area contributed by atoms with E-state index in [1.807, 2.05) is 42.6 Å². The molecule has 1 fully saturated rings. The number of likely N-dealkylation sites (N-methyl/N-ethyl adjacent to an activating group) is 1. The molecular formula is C24H27N7O. The van der Waals surface area contributed by atoms with Gasteiger partial charge in [-0.2, -0.15) is 0 Å². The first-order chi connectivity index (χ1) is 15.7. The second-order valence-electron chi connectivity index (χ2n) is 7.85. The smallest absolute Gasteiger partial charge is 0.227 e. The largest absolute Gasteiger partial charge is 0.497 e. The number of para-hydroxylation sites is 1. The van der Waals surface area contributed by atoms with Crippen molar-refractivity contribution < 1.29 is 6.16 Å². The van der Waals surface area contributed by atoms with Crippen molar-refractivity contribution >= 4 is 28.5 Å². The van der Waals surface area contributed by atoms with Crippen LogP contribution < -0.4 is 15.0 Å². The normalized spacial score (nSPS) is 14.5. The fraction of sp³-hybridized carbons (Fsp3) is 0.250. The van der Waals surface area contributed by atoms with Gasteiger partial charge in [-0.1, -0.05) is 30.3 Å². The number of rotatable bonds is 5. The summed E-state index contributed by atoms with van der Waals surface area (Å²) in [7, 11) is 3.80. The minimum atomic E-state index is 0. The van der Waals surface area contributed by atoms with E-state index in [2.05, 4.69) is 43.2 Å². The highest BCUT2D eigenvalue weighted by Gasteiger charge is 2.16. The van der Waals surface area contributed by atoms with Crippen LogP contribution in [0.2, 0.25) is 0 Å². The number of aromatic nitrogens is 4. The summed E-state index contributed by atoms with van der Waals surface area (Å²) in [6, 6.07) is 14.1. The van der Waals surface area contributed by atoms with Gasteiger partial charge < -0.3 is 19.9 Å². The molecule has 1 aliphatic rings. The fourth-order valence-electron chi connectivity index (χ4n) is 3.80. The molecule has 4 aromatic rings. The number of ether oxygens (including phenoxy) is 1. The highest BCUT2D eigenvalue weighted by Crippen LogP contribution is 2.29. The molecule has 8 heteroatoms. The maximum atomic E-state index is 5.28. The predicted molar refractivity (Wildman–Crippen MR) is 129 cm³/mol. The zero-order chi connectivity index (χ0) is 21.9. The lowest BCUT2D eigenvalue weighted by Crippen LogP contribution is -2.45. The Hall–Kier alpha value is -3.78. The summed E-state index contributed by atoms with van der Waals surface area (Å²) in [5.41, 5.74) is 3.74. The van der Waals surface area contributed by atoms with Crippen LogP contribution >= 0.6 is 0 Å². The zero-order valence-corrected chi connectivity index (χ0v) is 18.2. The number of piperazine rings is 1. The van der Waals surface area contributed by atoms with Crippen LogP contribution in [0.15, 0.2) is 61.1 Å². The van der Waals surface area contributed by atoms with Gasteiger partial charge in [-0.3, -0.25) is 0 Å². The van der Waals surface area contributed by atoms with Crippen molar-refractivity contribution in [3.05, 3.63) is 61.1 Å². The topological polar surface area (TPSA) is 79.3 Å². The van der Waals surface area contributed by atoms with Gasteiger partial charge in [0.1, 0.15) is 5.75 Å². The Morgan fingerprint density at radius 1 is 0.906 bits per heavy atom. The molecule has 3 heterocycles. The lowest BCUT2D eigenvalue weighted by molar-refractivity contribution is 0.311. The van der Waals surface area contributed by atoms with E-state index in [-0.39, 0.29) is 1.43 Å². The molecule has 2 aromatic carbocycles. The van der Waals surface area contributed by atoms with Gasteiger partial charge in [0, 0.05) is 44.8 Å². The van der Waals surface area contributed by atoms with Gasteiger partial charge >= 0.3 is 0 Å². The summed E-state index contributed by atoms with van der Waals surface area (Å²) < 4.78 is 5.28. The Labute approximate surface area is 188 Å². The van der Waals surface area contributed by atoms with Crippen LogP contribution in [0.25, 0.3) is 22.0 Å². The Morgan fingerprint density at radius 2 is 1.66 bits per heavy atom. The fourth-order valence-corrected chi connectivity index (χ4v) is 3.80. The maximum Gasteiger partial charge on any atom is 0.227 e. The average Bonchev–Trinajstić information content (AvgIpc) is 2.85. The Kier molecular flexibility index (Phi) is 5.51. The number of anilines is 3. The molecule has 0 radical (unpaired) electrons. The summed E-state index contributed by atoms with van der Waals surface area (Å²) in [6.45, 7) is 3.91. The van der Waals surface area contributed by atoms with Crippen LogP contribution in [-0.2, 0) is 0 Å². The van der Waals surface area contributed by atoms with E-state index in [0.717, 1.165) is 65.6 Å². The predicted octanol–water partition coefficient (Wildman–Crippen LogP) is 3.84. The molecule has 1 saturated heterocycles. The van der Waals surface area contributed by atoms with Crippen LogP contribution in [-0.4, -0.2) is 65.2 Å². The number of methoxy groups -OCH3 is 1. The van der Waals surface area contributed by atoms with Gasteiger partial charge in [0.25, 0.3) is 0 Å². The summed E-state index contributed by atoms with van der Waals surface area (Å²) in [4.78, 5) is 22.8. The van der Waals surface area contributed by atoms with Crippen LogP contribution in [0.1, 0.15) is 1.43 Å². The molecule has 0 saturated carbocycles. The Morgan fingerprint density at radius 3 is 2.38 bits per heavy atom. The van der Waals surface area contributed by atoms with E-state index in [4.69, 9.17) is 9.72 Å². The lowest BCUT2D eigenvalue weighted by Gasteiger charge is -2.32. The molecule has 32 heavy (non-hydrogen) atoms. The van der Waals surface area contributed by atoms with Gasteiger partial charge in [-0.05, 0) is 24.7 Å². The first kappa shape index (κ1) is 20.1. The highest BCUT2D eigenvalue weighted by atomic mass is 16.5. The number of nitrogens with one attached hydrogen (secondary N) is 1. The number of hydrogen-bond acceptors (Lipinski definition) is 8. The van der Waals surface area contributed by atoms with Crippen LogP contribution in [0.4, 0.5) is 17.6 Å². The van der Waals surface area contributed by atoms with E-state index in [0.29, 0.717) is 5.95 Å².